The third kappa shape index (κ3) is 2.90. The molecule has 0 N–H and O–H groups in total. The van der Waals surface area contributed by atoms with E-state index in [1.165, 1.54) is 0 Å². The summed E-state index contributed by atoms with van der Waals surface area (Å²) in [6, 6.07) is 7.07. The molecule has 0 amide bonds. The normalized spacial score (nSPS) is 10.6. The summed E-state index contributed by atoms with van der Waals surface area (Å²) in [6.45, 7) is 2.06. The van der Waals surface area contributed by atoms with Crippen LogP contribution >= 0.6 is 0 Å². The van der Waals surface area contributed by atoms with Crippen LogP contribution in [-0.4, -0.2) is 6.04 Å². The second-order valence-corrected chi connectivity index (χ2v) is 4.54. The number of hydrogen-bond donors (Lipinski definition) is 0. The van der Waals surface area contributed by atoms with Gasteiger partial charge in [0.1, 0.15) is 17.2 Å². The molecule has 0 unspecified atom stereocenters. The van der Waals surface area contributed by atoms with Gasteiger partial charge in [0.15, 0.2) is 0 Å². The predicted molar refractivity (Wildman–Crippen MR) is 71.2 cm³/mol. The molecule has 0 heterocycles. The molecule has 0 aromatic heterocycles. The van der Waals surface area contributed by atoms with E-state index in [-0.39, 0.29) is 5.56 Å². The topological polar surface area (TPSA) is 17.1 Å². The zero-order valence-corrected chi connectivity index (χ0v) is 10.9. The van der Waals surface area contributed by atoms with Crippen LogP contribution in [0.1, 0.15) is 29.3 Å². The van der Waals surface area contributed by atoms with Crippen LogP contribution in [0.2, 0.25) is 0 Å². The van der Waals surface area contributed by atoms with Gasteiger partial charge in [-0.3, -0.25) is 4.79 Å². The van der Waals surface area contributed by atoms with Gasteiger partial charge in [-0.15, -0.1) is 0 Å². The van der Waals surface area contributed by atoms with Crippen LogP contribution in [0.25, 0.3) is 11.1 Å². The Morgan fingerprint density at radius 3 is 2.00 bits per heavy atom. The molecule has 2 aromatic carbocycles. The maximum Gasteiger partial charge on any atom is 0.338 e. The van der Waals surface area contributed by atoms with E-state index in [9.17, 15) is 18.0 Å². The molecular formula is C16H13F3O. The summed E-state index contributed by atoms with van der Waals surface area (Å²) in [4.78, 5) is 10.5. The predicted octanol–water partition coefficient (Wildman–Crippen LogP) is 4.69. The van der Waals surface area contributed by atoms with Crippen LogP contribution in [0.5, 0.6) is 0 Å². The standard InChI is InChI=1S/C16H13F3O/c1-2-3-10-4-6-11(7-5-10)12-8-13(17)15(16(19)20)14(18)9-12/h4-9H,2-3H2,1H3. The Morgan fingerprint density at radius 1 is 1.00 bits per heavy atom. The van der Waals surface area contributed by atoms with Gasteiger partial charge in [-0.25, -0.2) is 8.78 Å². The van der Waals surface area contributed by atoms with Gasteiger partial charge in [0, 0.05) is 0 Å². The lowest BCUT2D eigenvalue weighted by atomic mass is 10.0. The van der Waals surface area contributed by atoms with Crippen molar-refractivity contribution >= 4 is 6.04 Å². The lowest BCUT2D eigenvalue weighted by molar-refractivity contribution is 0.0826. The number of halogens is 3. The molecule has 4 heteroatoms. The fourth-order valence-electron chi connectivity index (χ4n) is 2.08. The fourth-order valence-corrected chi connectivity index (χ4v) is 2.08. The molecule has 0 atom stereocenters. The van der Waals surface area contributed by atoms with Crippen LogP contribution in [0.15, 0.2) is 36.4 Å². The Bertz CT molecular complexity index is 610. The Labute approximate surface area is 115 Å². The molecule has 1 nitrogen and oxygen atoms in total. The zero-order chi connectivity index (χ0) is 14.7. The molecule has 0 saturated carbocycles. The molecule has 2 aromatic rings. The van der Waals surface area contributed by atoms with Crippen LogP contribution in [0.3, 0.4) is 0 Å². The van der Waals surface area contributed by atoms with Crippen molar-refractivity contribution in [2.75, 3.05) is 0 Å². The number of benzene rings is 2. The quantitative estimate of drug-likeness (QED) is 0.741. The number of carbonyl (C=O) groups is 1. The molecule has 0 bridgehead atoms. The maximum absolute atomic E-state index is 13.5. The van der Waals surface area contributed by atoms with Crippen molar-refractivity contribution < 1.29 is 18.0 Å². The number of aryl methyl sites for hydroxylation is 1. The van der Waals surface area contributed by atoms with E-state index in [0.29, 0.717) is 5.56 Å². The molecule has 104 valence electrons. The minimum Gasteiger partial charge on any atom is -0.255 e. The molecule has 0 aliphatic carbocycles. The highest BCUT2D eigenvalue weighted by Gasteiger charge is 2.18. The van der Waals surface area contributed by atoms with E-state index in [0.717, 1.165) is 30.5 Å². The summed E-state index contributed by atoms with van der Waals surface area (Å²) >= 11 is 0. The first-order valence-corrected chi connectivity index (χ1v) is 6.31. The van der Waals surface area contributed by atoms with Crippen LogP contribution in [0.4, 0.5) is 13.2 Å². The van der Waals surface area contributed by atoms with Gasteiger partial charge in [-0.05, 0) is 35.2 Å². The van der Waals surface area contributed by atoms with Crippen molar-refractivity contribution in [3.05, 3.63) is 59.2 Å². The van der Waals surface area contributed by atoms with E-state index >= 15 is 0 Å². The molecule has 0 aliphatic heterocycles. The summed E-state index contributed by atoms with van der Waals surface area (Å²) in [7, 11) is 0. The molecule has 0 fully saturated rings. The first kappa shape index (κ1) is 14.3. The van der Waals surface area contributed by atoms with Crippen molar-refractivity contribution in [3.63, 3.8) is 0 Å². The molecule has 0 spiro atoms. The van der Waals surface area contributed by atoms with Crippen molar-refractivity contribution in [2.24, 2.45) is 0 Å². The van der Waals surface area contributed by atoms with Gasteiger partial charge in [0.2, 0.25) is 0 Å². The van der Waals surface area contributed by atoms with E-state index in [1.54, 1.807) is 12.1 Å². The highest BCUT2D eigenvalue weighted by Crippen LogP contribution is 2.25. The summed E-state index contributed by atoms with van der Waals surface area (Å²) < 4.78 is 39.6. The van der Waals surface area contributed by atoms with Crippen molar-refractivity contribution in [2.45, 2.75) is 19.8 Å². The summed E-state index contributed by atoms with van der Waals surface area (Å²) in [5.74, 6) is -2.38. The first-order valence-electron chi connectivity index (χ1n) is 6.31. The van der Waals surface area contributed by atoms with Gasteiger partial charge in [0.25, 0.3) is 0 Å². The Morgan fingerprint density at radius 2 is 1.55 bits per heavy atom. The van der Waals surface area contributed by atoms with E-state index in [1.807, 2.05) is 12.1 Å². The highest BCUT2D eigenvalue weighted by atomic mass is 19.2. The second-order valence-electron chi connectivity index (χ2n) is 4.54. The van der Waals surface area contributed by atoms with Crippen molar-refractivity contribution in [1.29, 1.82) is 0 Å². The Hall–Kier alpha value is -2.10. The van der Waals surface area contributed by atoms with E-state index < -0.39 is 23.2 Å². The number of rotatable bonds is 4. The van der Waals surface area contributed by atoms with Gasteiger partial charge in [-0.1, -0.05) is 37.6 Å². The lowest BCUT2D eigenvalue weighted by Crippen LogP contribution is -2.01. The molecular weight excluding hydrogens is 265 g/mol. The molecule has 2 rings (SSSR count). The smallest absolute Gasteiger partial charge is 0.255 e. The van der Waals surface area contributed by atoms with Gasteiger partial charge < -0.3 is 0 Å². The van der Waals surface area contributed by atoms with Crippen molar-refractivity contribution in [3.8, 4) is 11.1 Å². The SMILES string of the molecule is CCCc1ccc(-c2cc(F)c(C(=O)F)c(F)c2)cc1. The third-order valence-corrected chi connectivity index (χ3v) is 3.06. The third-order valence-electron chi connectivity index (χ3n) is 3.06. The first-order chi connectivity index (χ1) is 9.52. The van der Waals surface area contributed by atoms with Crippen molar-refractivity contribution in [1.82, 2.24) is 0 Å². The minimum absolute atomic E-state index is 0.271. The van der Waals surface area contributed by atoms with Crippen LogP contribution < -0.4 is 0 Å². The van der Waals surface area contributed by atoms with Gasteiger partial charge in [-0.2, -0.15) is 4.39 Å². The molecule has 20 heavy (non-hydrogen) atoms. The minimum atomic E-state index is -2.11. The largest absolute Gasteiger partial charge is 0.338 e. The molecule has 0 aliphatic rings. The Balaban J connectivity index is 2.40. The summed E-state index contributed by atoms with van der Waals surface area (Å²) in [5, 5.41) is 0. The number of carbonyl (C=O) groups excluding carboxylic acids is 1. The van der Waals surface area contributed by atoms with Gasteiger partial charge in [0.05, 0.1) is 0 Å². The van der Waals surface area contributed by atoms with Crippen LogP contribution in [0, 0.1) is 11.6 Å². The second kappa shape index (κ2) is 5.90. The maximum atomic E-state index is 13.5. The highest BCUT2D eigenvalue weighted by molar-refractivity contribution is 5.89. The molecule has 0 saturated heterocycles. The summed E-state index contributed by atoms with van der Waals surface area (Å²) in [6.07, 6.45) is 1.94. The van der Waals surface area contributed by atoms with E-state index in [2.05, 4.69) is 6.92 Å². The van der Waals surface area contributed by atoms with Gasteiger partial charge >= 0.3 is 6.04 Å². The number of hydrogen-bond acceptors (Lipinski definition) is 1. The fraction of sp³-hybridized carbons (Fsp3) is 0.188. The zero-order valence-electron chi connectivity index (χ0n) is 10.9. The monoisotopic (exact) mass is 278 g/mol. The average molecular weight is 278 g/mol. The van der Waals surface area contributed by atoms with Crippen LogP contribution in [-0.2, 0) is 6.42 Å². The average Bonchev–Trinajstić information content (AvgIpc) is 2.38. The lowest BCUT2D eigenvalue weighted by Gasteiger charge is -2.06. The summed E-state index contributed by atoms with van der Waals surface area (Å²) in [5.41, 5.74) is 0.873. The van der Waals surface area contributed by atoms with E-state index in [4.69, 9.17) is 0 Å². The Kier molecular flexibility index (Phi) is 4.23. The molecule has 0 radical (unpaired) electrons.